The van der Waals surface area contributed by atoms with E-state index in [1.165, 1.54) is 19.2 Å². The number of halogens is 2. The van der Waals surface area contributed by atoms with E-state index in [4.69, 9.17) is 16.3 Å². The summed E-state index contributed by atoms with van der Waals surface area (Å²) in [5.41, 5.74) is 0.302. The van der Waals surface area contributed by atoms with Gasteiger partial charge in [-0.15, -0.1) is 0 Å². The Balaban J connectivity index is 2.41. The van der Waals surface area contributed by atoms with Crippen molar-refractivity contribution in [2.75, 3.05) is 25.5 Å². The van der Waals surface area contributed by atoms with Crippen molar-refractivity contribution < 1.29 is 22.3 Å². The second-order valence-corrected chi connectivity index (χ2v) is 7.88. The van der Waals surface area contributed by atoms with Gasteiger partial charge < -0.3 is 10.1 Å². The molecule has 0 bridgehead atoms. The third-order valence-electron chi connectivity index (χ3n) is 3.93. The van der Waals surface area contributed by atoms with Gasteiger partial charge in [0.15, 0.2) is 0 Å². The van der Waals surface area contributed by atoms with Crippen LogP contribution in [0.4, 0.5) is 10.1 Å². The molecule has 2 rings (SSSR count). The number of anilines is 1. The van der Waals surface area contributed by atoms with Crippen LogP contribution in [0.2, 0.25) is 5.02 Å². The van der Waals surface area contributed by atoms with Gasteiger partial charge in [0, 0.05) is 23.7 Å². The van der Waals surface area contributed by atoms with Crippen LogP contribution < -0.4 is 10.1 Å². The number of sulfonamides is 1. The van der Waals surface area contributed by atoms with Crippen molar-refractivity contribution in [1.82, 2.24) is 4.31 Å². The number of rotatable bonds is 7. The second-order valence-electron chi connectivity index (χ2n) is 5.53. The molecule has 0 atom stereocenters. The largest absolute Gasteiger partial charge is 0.495 e. The van der Waals surface area contributed by atoms with Crippen molar-refractivity contribution >= 4 is 33.2 Å². The fourth-order valence-corrected chi connectivity index (χ4v) is 4.24. The molecule has 1 N–H and O–H groups in total. The Labute approximate surface area is 162 Å². The molecule has 6 nitrogen and oxygen atoms in total. The van der Waals surface area contributed by atoms with Crippen molar-refractivity contribution in [2.45, 2.75) is 18.7 Å². The minimum Gasteiger partial charge on any atom is -0.495 e. The zero-order valence-electron chi connectivity index (χ0n) is 15.1. The van der Waals surface area contributed by atoms with Gasteiger partial charge in [-0.3, -0.25) is 4.79 Å². The average Bonchev–Trinajstić information content (AvgIpc) is 2.62. The van der Waals surface area contributed by atoms with E-state index in [0.29, 0.717) is 16.5 Å². The van der Waals surface area contributed by atoms with E-state index in [0.717, 1.165) is 16.4 Å². The normalized spacial score (nSPS) is 11.5. The van der Waals surface area contributed by atoms with Crippen LogP contribution >= 0.6 is 11.6 Å². The first-order valence-corrected chi connectivity index (χ1v) is 10.0. The Hall–Kier alpha value is -2.16. The molecule has 0 aliphatic carbocycles. The van der Waals surface area contributed by atoms with Gasteiger partial charge in [0.1, 0.15) is 16.5 Å². The summed E-state index contributed by atoms with van der Waals surface area (Å²) in [7, 11) is -2.61. The van der Waals surface area contributed by atoms with Crippen molar-refractivity contribution in [3.63, 3.8) is 0 Å². The molecule has 0 heterocycles. The lowest BCUT2D eigenvalue weighted by Gasteiger charge is -2.19. The van der Waals surface area contributed by atoms with E-state index in [-0.39, 0.29) is 18.7 Å². The molecule has 9 heteroatoms. The topological polar surface area (TPSA) is 75.7 Å². The number of hydrogen-bond donors (Lipinski definition) is 1. The molecule has 0 aliphatic heterocycles. The first kappa shape index (κ1) is 21.1. The van der Waals surface area contributed by atoms with E-state index in [9.17, 15) is 17.6 Å². The molecule has 146 valence electrons. The van der Waals surface area contributed by atoms with Gasteiger partial charge in [-0.05, 0) is 36.4 Å². The van der Waals surface area contributed by atoms with Crippen molar-refractivity contribution in [3.05, 3.63) is 52.8 Å². The summed E-state index contributed by atoms with van der Waals surface area (Å²) in [6.07, 6.45) is 0. The first-order chi connectivity index (χ1) is 12.7. The number of amides is 1. The fourth-order valence-electron chi connectivity index (χ4n) is 2.52. The first-order valence-electron chi connectivity index (χ1n) is 8.19. The van der Waals surface area contributed by atoms with Crippen LogP contribution in [0.1, 0.15) is 24.2 Å². The van der Waals surface area contributed by atoms with Gasteiger partial charge in [0.2, 0.25) is 10.0 Å². The minimum atomic E-state index is -4.05. The molecule has 0 unspecified atom stereocenters. The minimum absolute atomic E-state index is 0.0100. The number of hydrogen-bond acceptors (Lipinski definition) is 4. The SMILES string of the molecule is CCN(CC)S(=O)(=O)c1cc(C(=O)Nc2cc(Cl)ccc2OC)ccc1F. The fraction of sp³-hybridized carbons (Fsp3) is 0.278. The van der Waals surface area contributed by atoms with E-state index in [1.54, 1.807) is 26.0 Å². The summed E-state index contributed by atoms with van der Waals surface area (Å²) < 4.78 is 45.7. The predicted molar refractivity (Wildman–Crippen MR) is 102 cm³/mol. The van der Waals surface area contributed by atoms with Gasteiger partial charge in [0.25, 0.3) is 5.91 Å². The Morgan fingerprint density at radius 2 is 1.85 bits per heavy atom. The van der Waals surface area contributed by atoms with Crippen LogP contribution in [0.15, 0.2) is 41.3 Å². The highest BCUT2D eigenvalue weighted by Gasteiger charge is 2.26. The number of nitrogens with zero attached hydrogens (tertiary/aromatic N) is 1. The van der Waals surface area contributed by atoms with Crippen LogP contribution in [-0.2, 0) is 10.0 Å². The Kier molecular flexibility index (Phi) is 6.80. The lowest BCUT2D eigenvalue weighted by molar-refractivity contribution is 0.102. The lowest BCUT2D eigenvalue weighted by Crippen LogP contribution is -2.31. The maximum atomic E-state index is 14.2. The predicted octanol–water partition coefficient (Wildman–Crippen LogP) is 3.77. The Morgan fingerprint density at radius 3 is 2.44 bits per heavy atom. The van der Waals surface area contributed by atoms with Gasteiger partial charge in [0.05, 0.1) is 12.8 Å². The maximum Gasteiger partial charge on any atom is 0.255 e. The summed E-state index contributed by atoms with van der Waals surface area (Å²) in [5.74, 6) is -1.16. The summed E-state index contributed by atoms with van der Waals surface area (Å²) >= 11 is 5.93. The molecule has 2 aromatic carbocycles. The van der Waals surface area contributed by atoms with Crippen LogP contribution in [0.3, 0.4) is 0 Å². The Bertz CT molecular complexity index is 946. The highest BCUT2D eigenvalue weighted by atomic mass is 35.5. The molecular formula is C18H20ClFN2O4S. The van der Waals surface area contributed by atoms with Crippen molar-refractivity contribution in [2.24, 2.45) is 0 Å². The number of nitrogens with one attached hydrogen (secondary N) is 1. The molecule has 27 heavy (non-hydrogen) atoms. The molecule has 0 spiro atoms. The van der Waals surface area contributed by atoms with E-state index < -0.39 is 26.6 Å². The molecule has 0 aromatic heterocycles. The quantitative estimate of drug-likeness (QED) is 0.748. The van der Waals surface area contributed by atoms with Crippen molar-refractivity contribution in [3.8, 4) is 5.75 Å². The molecule has 1 amide bonds. The smallest absolute Gasteiger partial charge is 0.255 e. The second kappa shape index (κ2) is 8.69. The summed E-state index contributed by atoms with van der Waals surface area (Å²) in [5, 5.41) is 2.98. The standard InChI is InChI=1S/C18H20ClFN2O4S/c1-4-22(5-2)27(24,25)17-10-12(6-8-14(17)20)18(23)21-15-11-13(19)7-9-16(15)26-3/h6-11H,4-5H2,1-3H3,(H,21,23). The van der Waals surface area contributed by atoms with Crippen LogP contribution in [0.25, 0.3) is 0 Å². The number of carbonyl (C=O) groups is 1. The van der Waals surface area contributed by atoms with E-state index in [2.05, 4.69) is 5.32 Å². The maximum absolute atomic E-state index is 14.2. The molecule has 2 aromatic rings. The van der Waals surface area contributed by atoms with E-state index in [1.807, 2.05) is 0 Å². The molecule has 0 saturated heterocycles. The number of carbonyl (C=O) groups excluding carboxylic acids is 1. The molecule has 0 saturated carbocycles. The van der Waals surface area contributed by atoms with Gasteiger partial charge >= 0.3 is 0 Å². The monoisotopic (exact) mass is 414 g/mol. The number of methoxy groups -OCH3 is 1. The molecule has 0 aliphatic rings. The van der Waals surface area contributed by atoms with Crippen LogP contribution in [0.5, 0.6) is 5.75 Å². The molecule has 0 fully saturated rings. The zero-order chi connectivity index (χ0) is 20.2. The summed E-state index contributed by atoms with van der Waals surface area (Å²) in [4.78, 5) is 12.0. The van der Waals surface area contributed by atoms with Crippen LogP contribution in [-0.4, -0.2) is 38.8 Å². The zero-order valence-corrected chi connectivity index (χ0v) is 16.7. The van der Waals surface area contributed by atoms with Crippen molar-refractivity contribution in [1.29, 1.82) is 0 Å². The van der Waals surface area contributed by atoms with Crippen LogP contribution in [0, 0.1) is 5.82 Å². The third kappa shape index (κ3) is 4.58. The van der Waals surface area contributed by atoms with Gasteiger partial charge in [-0.1, -0.05) is 25.4 Å². The highest BCUT2D eigenvalue weighted by molar-refractivity contribution is 7.89. The number of benzene rings is 2. The third-order valence-corrected chi connectivity index (χ3v) is 6.23. The lowest BCUT2D eigenvalue weighted by atomic mass is 10.2. The Morgan fingerprint density at radius 1 is 1.19 bits per heavy atom. The van der Waals surface area contributed by atoms with E-state index >= 15 is 0 Å². The van der Waals surface area contributed by atoms with Gasteiger partial charge in [-0.25, -0.2) is 12.8 Å². The highest BCUT2D eigenvalue weighted by Crippen LogP contribution is 2.28. The summed E-state index contributed by atoms with van der Waals surface area (Å²) in [6.45, 7) is 3.69. The summed E-state index contributed by atoms with van der Waals surface area (Å²) in [6, 6.07) is 7.87. The van der Waals surface area contributed by atoms with Gasteiger partial charge in [-0.2, -0.15) is 4.31 Å². The number of ether oxygens (including phenoxy) is 1. The molecular weight excluding hydrogens is 395 g/mol. The molecule has 0 radical (unpaired) electrons. The average molecular weight is 415 g/mol.